The van der Waals surface area contributed by atoms with Crippen molar-refractivity contribution in [2.75, 3.05) is 20.1 Å². The van der Waals surface area contributed by atoms with Crippen LogP contribution in [0.4, 0.5) is 0 Å². The SMILES string of the molecule is CC(=O)c1ccc(S(=O)(=O)N(C)CC(=O)NCCc2ccc(Cl)cc2)cc1. The van der Waals surface area contributed by atoms with Crippen molar-refractivity contribution in [3.05, 3.63) is 64.7 Å². The molecule has 1 N–H and O–H groups in total. The second-order valence-electron chi connectivity index (χ2n) is 6.07. The van der Waals surface area contributed by atoms with E-state index >= 15 is 0 Å². The van der Waals surface area contributed by atoms with Crippen molar-refractivity contribution in [1.29, 1.82) is 0 Å². The van der Waals surface area contributed by atoms with Gasteiger partial charge in [-0.1, -0.05) is 35.9 Å². The Balaban J connectivity index is 1.90. The Hall–Kier alpha value is -2.22. The molecule has 0 aliphatic heterocycles. The van der Waals surface area contributed by atoms with E-state index in [-0.39, 0.29) is 17.2 Å². The first-order chi connectivity index (χ1) is 12.7. The van der Waals surface area contributed by atoms with Crippen molar-refractivity contribution in [3.8, 4) is 0 Å². The lowest BCUT2D eigenvalue weighted by molar-refractivity contribution is -0.121. The highest BCUT2D eigenvalue weighted by Crippen LogP contribution is 2.15. The van der Waals surface area contributed by atoms with E-state index in [9.17, 15) is 18.0 Å². The molecule has 0 unspecified atom stereocenters. The van der Waals surface area contributed by atoms with Crippen molar-refractivity contribution in [2.24, 2.45) is 0 Å². The first-order valence-corrected chi connectivity index (χ1v) is 10.1. The van der Waals surface area contributed by atoms with Gasteiger partial charge in [0.05, 0.1) is 11.4 Å². The van der Waals surface area contributed by atoms with Gasteiger partial charge >= 0.3 is 0 Å². The van der Waals surface area contributed by atoms with Crippen LogP contribution in [0.15, 0.2) is 53.4 Å². The van der Waals surface area contributed by atoms with Crippen LogP contribution in [-0.2, 0) is 21.2 Å². The molecule has 0 aromatic heterocycles. The minimum atomic E-state index is -3.81. The van der Waals surface area contributed by atoms with Crippen molar-refractivity contribution < 1.29 is 18.0 Å². The number of rotatable bonds is 8. The maximum absolute atomic E-state index is 12.5. The largest absolute Gasteiger partial charge is 0.355 e. The van der Waals surface area contributed by atoms with E-state index in [0.717, 1.165) is 9.87 Å². The summed E-state index contributed by atoms with van der Waals surface area (Å²) in [6.07, 6.45) is 0.617. The van der Waals surface area contributed by atoms with Crippen molar-refractivity contribution in [2.45, 2.75) is 18.2 Å². The number of hydrogen-bond acceptors (Lipinski definition) is 4. The van der Waals surface area contributed by atoms with Crippen LogP contribution < -0.4 is 5.32 Å². The van der Waals surface area contributed by atoms with E-state index < -0.39 is 15.9 Å². The third-order valence-electron chi connectivity index (χ3n) is 3.98. The summed E-state index contributed by atoms with van der Waals surface area (Å²) in [6.45, 7) is 1.50. The first kappa shape index (κ1) is 21.1. The van der Waals surface area contributed by atoms with Gasteiger partial charge in [0.2, 0.25) is 15.9 Å². The van der Waals surface area contributed by atoms with Gasteiger partial charge in [0.25, 0.3) is 0 Å². The van der Waals surface area contributed by atoms with Gasteiger partial charge in [-0.25, -0.2) is 8.42 Å². The third kappa shape index (κ3) is 5.89. The Morgan fingerprint density at radius 2 is 1.63 bits per heavy atom. The Morgan fingerprint density at radius 1 is 1.04 bits per heavy atom. The van der Waals surface area contributed by atoms with Gasteiger partial charge in [-0.05, 0) is 43.2 Å². The Bertz CT molecular complexity index is 910. The number of Topliss-reactive ketones (excluding diaryl/α,β-unsaturated/α-hetero) is 1. The standard InChI is InChI=1S/C19H21ClN2O4S/c1-14(23)16-5-9-18(10-6-16)27(25,26)22(2)13-19(24)21-12-11-15-3-7-17(20)8-4-15/h3-10H,11-13H2,1-2H3,(H,21,24). The van der Waals surface area contributed by atoms with Crippen LogP contribution in [0.25, 0.3) is 0 Å². The van der Waals surface area contributed by atoms with Gasteiger partial charge in [0, 0.05) is 24.2 Å². The van der Waals surface area contributed by atoms with Crippen LogP contribution in [0.5, 0.6) is 0 Å². The van der Waals surface area contributed by atoms with Gasteiger partial charge in [-0.15, -0.1) is 0 Å². The van der Waals surface area contributed by atoms with E-state index in [4.69, 9.17) is 11.6 Å². The van der Waals surface area contributed by atoms with E-state index in [1.165, 1.54) is 38.2 Å². The fourth-order valence-corrected chi connectivity index (χ4v) is 3.64. The summed E-state index contributed by atoms with van der Waals surface area (Å²) in [4.78, 5) is 23.4. The van der Waals surface area contributed by atoms with E-state index in [2.05, 4.69) is 5.32 Å². The minimum Gasteiger partial charge on any atom is -0.355 e. The number of benzene rings is 2. The Kier molecular flexibility index (Phi) is 7.12. The lowest BCUT2D eigenvalue weighted by Gasteiger charge is -2.17. The molecule has 0 spiro atoms. The van der Waals surface area contributed by atoms with Gasteiger partial charge in [0.15, 0.2) is 5.78 Å². The topological polar surface area (TPSA) is 83.6 Å². The third-order valence-corrected chi connectivity index (χ3v) is 6.05. The van der Waals surface area contributed by atoms with Crippen molar-refractivity contribution in [3.63, 3.8) is 0 Å². The summed E-state index contributed by atoms with van der Waals surface area (Å²) < 4.78 is 26.0. The van der Waals surface area contributed by atoms with Crippen molar-refractivity contribution in [1.82, 2.24) is 9.62 Å². The number of halogens is 1. The molecule has 27 heavy (non-hydrogen) atoms. The van der Waals surface area contributed by atoms with E-state index in [1.54, 1.807) is 12.1 Å². The molecule has 6 nitrogen and oxygen atoms in total. The normalized spacial score (nSPS) is 11.4. The molecule has 0 radical (unpaired) electrons. The first-order valence-electron chi connectivity index (χ1n) is 8.28. The van der Waals surface area contributed by atoms with Crippen molar-refractivity contribution >= 4 is 33.3 Å². The summed E-state index contributed by atoms with van der Waals surface area (Å²) in [6, 6.07) is 12.9. The number of amides is 1. The molecule has 144 valence electrons. The molecule has 0 saturated carbocycles. The summed E-state index contributed by atoms with van der Waals surface area (Å²) in [5.74, 6) is -0.539. The van der Waals surface area contributed by atoms with Crippen LogP contribution in [-0.4, -0.2) is 44.6 Å². The second kappa shape index (κ2) is 9.12. The molecule has 8 heteroatoms. The average molecular weight is 409 g/mol. The predicted molar refractivity (Wildman–Crippen MR) is 104 cm³/mol. The number of sulfonamides is 1. The van der Waals surface area contributed by atoms with Crippen LogP contribution in [0.1, 0.15) is 22.8 Å². The fraction of sp³-hybridized carbons (Fsp3) is 0.263. The molecule has 2 rings (SSSR count). The molecule has 0 atom stereocenters. The number of likely N-dealkylation sites (N-methyl/N-ethyl adjacent to an activating group) is 1. The molecule has 2 aromatic rings. The average Bonchev–Trinajstić information content (AvgIpc) is 2.63. The molecular weight excluding hydrogens is 388 g/mol. The molecule has 0 fully saturated rings. The number of hydrogen-bond donors (Lipinski definition) is 1. The number of nitrogens with one attached hydrogen (secondary N) is 1. The summed E-state index contributed by atoms with van der Waals surface area (Å²) >= 11 is 5.82. The minimum absolute atomic E-state index is 0.0314. The molecule has 2 aromatic carbocycles. The number of ketones is 1. The molecule has 1 amide bonds. The highest BCUT2D eigenvalue weighted by molar-refractivity contribution is 7.89. The molecule has 0 saturated heterocycles. The second-order valence-corrected chi connectivity index (χ2v) is 8.55. The van der Waals surface area contributed by atoms with E-state index in [0.29, 0.717) is 23.6 Å². The molecule has 0 bridgehead atoms. The Morgan fingerprint density at radius 3 is 2.19 bits per heavy atom. The lowest BCUT2D eigenvalue weighted by Crippen LogP contribution is -2.39. The van der Waals surface area contributed by atoms with Crippen LogP contribution in [0.3, 0.4) is 0 Å². The summed E-state index contributed by atoms with van der Waals surface area (Å²) in [5.41, 5.74) is 1.45. The van der Waals surface area contributed by atoms with E-state index in [1.807, 2.05) is 12.1 Å². The molecular formula is C19H21ClN2O4S. The molecule has 0 heterocycles. The predicted octanol–water partition coefficient (Wildman–Crippen LogP) is 2.52. The summed E-state index contributed by atoms with van der Waals surface area (Å²) in [5, 5.41) is 3.35. The number of nitrogens with zero attached hydrogens (tertiary/aromatic N) is 1. The van der Waals surface area contributed by atoms with Gasteiger partial charge in [-0.2, -0.15) is 4.31 Å². The number of carbonyl (C=O) groups is 2. The van der Waals surface area contributed by atoms with Crippen LogP contribution in [0.2, 0.25) is 5.02 Å². The smallest absolute Gasteiger partial charge is 0.243 e. The quantitative estimate of drug-likeness (QED) is 0.680. The highest BCUT2D eigenvalue weighted by Gasteiger charge is 2.23. The number of carbonyl (C=O) groups excluding carboxylic acids is 2. The van der Waals surface area contributed by atoms with Gasteiger partial charge < -0.3 is 5.32 Å². The zero-order valence-corrected chi connectivity index (χ0v) is 16.7. The monoisotopic (exact) mass is 408 g/mol. The van der Waals surface area contributed by atoms with Crippen LogP contribution >= 0.6 is 11.6 Å². The summed E-state index contributed by atoms with van der Waals surface area (Å²) in [7, 11) is -2.47. The lowest BCUT2D eigenvalue weighted by atomic mass is 10.1. The maximum Gasteiger partial charge on any atom is 0.243 e. The highest BCUT2D eigenvalue weighted by atomic mass is 35.5. The Labute approximate surface area is 164 Å². The zero-order chi connectivity index (χ0) is 20.0. The molecule has 0 aliphatic rings. The van der Waals surface area contributed by atoms with Crippen LogP contribution in [0, 0.1) is 0 Å². The van der Waals surface area contributed by atoms with Gasteiger partial charge in [-0.3, -0.25) is 9.59 Å². The molecule has 0 aliphatic carbocycles. The van der Waals surface area contributed by atoms with Gasteiger partial charge in [0.1, 0.15) is 0 Å². The zero-order valence-electron chi connectivity index (χ0n) is 15.1. The fourth-order valence-electron chi connectivity index (χ4n) is 2.38. The maximum atomic E-state index is 12.5.